The van der Waals surface area contributed by atoms with Crippen LogP contribution in [-0.2, 0) is 13.5 Å². The first kappa shape index (κ1) is 11.7. The summed E-state index contributed by atoms with van der Waals surface area (Å²) in [6, 6.07) is -0.128. The lowest BCUT2D eigenvalue weighted by molar-refractivity contribution is 0.504. The Hall–Kier alpha value is -1.79. The van der Waals surface area contributed by atoms with Gasteiger partial charge in [-0.05, 0) is 12.5 Å². The highest BCUT2D eigenvalue weighted by atomic mass is 15.2. The molecule has 0 aliphatic carbocycles. The lowest BCUT2D eigenvalue weighted by Crippen LogP contribution is -2.31. The third-order valence-electron chi connectivity index (χ3n) is 2.62. The molecule has 6 nitrogen and oxygen atoms in total. The highest BCUT2D eigenvalue weighted by Gasteiger charge is 2.15. The fourth-order valence-electron chi connectivity index (χ4n) is 1.58. The maximum Gasteiger partial charge on any atom is 0.146 e. The van der Waals surface area contributed by atoms with E-state index in [1.165, 1.54) is 0 Å². The van der Waals surface area contributed by atoms with E-state index in [0.717, 1.165) is 11.4 Å². The molecule has 0 aliphatic heterocycles. The molecule has 90 valence electrons. The molecular formula is C11H16N6. The van der Waals surface area contributed by atoms with Crippen molar-refractivity contribution in [1.29, 1.82) is 0 Å². The van der Waals surface area contributed by atoms with Gasteiger partial charge in [-0.25, -0.2) is 20.4 Å². The number of hydrazine groups is 1. The predicted molar refractivity (Wildman–Crippen MR) is 63.7 cm³/mol. The van der Waals surface area contributed by atoms with Crippen LogP contribution in [0.4, 0.5) is 0 Å². The van der Waals surface area contributed by atoms with Crippen molar-refractivity contribution in [1.82, 2.24) is 24.9 Å². The second kappa shape index (κ2) is 5.03. The van der Waals surface area contributed by atoms with E-state index < -0.39 is 0 Å². The number of nitrogens with one attached hydrogen (secondary N) is 1. The number of hydrogen-bond acceptors (Lipinski definition) is 5. The van der Waals surface area contributed by atoms with E-state index in [-0.39, 0.29) is 6.04 Å². The predicted octanol–water partition coefficient (Wildman–Crippen LogP) is 0.266. The number of imidazole rings is 1. The minimum Gasteiger partial charge on any atom is -0.338 e. The van der Waals surface area contributed by atoms with E-state index in [0.29, 0.717) is 12.2 Å². The van der Waals surface area contributed by atoms with Crippen LogP contribution >= 0.6 is 0 Å². The monoisotopic (exact) mass is 232 g/mol. The summed E-state index contributed by atoms with van der Waals surface area (Å²) >= 11 is 0. The normalized spacial score (nSPS) is 12.6. The zero-order valence-corrected chi connectivity index (χ0v) is 9.96. The molecule has 0 fully saturated rings. The highest BCUT2D eigenvalue weighted by Crippen LogP contribution is 2.12. The van der Waals surface area contributed by atoms with Crippen molar-refractivity contribution >= 4 is 0 Å². The zero-order chi connectivity index (χ0) is 12.3. The molecule has 0 bridgehead atoms. The fraction of sp³-hybridized carbons (Fsp3) is 0.364. The molecule has 0 radical (unpaired) electrons. The maximum atomic E-state index is 5.54. The Bertz CT molecular complexity index is 475. The summed E-state index contributed by atoms with van der Waals surface area (Å²) in [5.41, 5.74) is 3.75. The topological polar surface area (TPSA) is 81.7 Å². The Kier molecular flexibility index (Phi) is 3.46. The Morgan fingerprint density at radius 3 is 2.59 bits per heavy atom. The number of rotatable bonds is 4. The van der Waals surface area contributed by atoms with Crippen molar-refractivity contribution in [2.24, 2.45) is 12.9 Å². The molecule has 6 heteroatoms. The number of nitrogens with two attached hydrogens (primary N) is 1. The van der Waals surface area contributed by atoms with Gasteiger partial charge in [0, 0.05) is 38.3 Å². The number of hydrogen-bond donors (Lipinski definition) is 2. The van der Waals surface area contributed by atoms with Crippen molar-refractivity contribution in [2.45, 2.75) is 19.4 Å². The highest BCUT2D eigenvalue weighted by molar-refractivity contribution is 5.06. The van der Waals surface area contributed by atoms with E-state index in [9.17, 15) is 0 Å². The molecule has 0 saturated heterocycles. The minimum absolute atomic E-state index is 0.128. The van der Waals surface area contributed by atoms with Crippen LogP contribution < -0.4 is 11.3 Å². The average molecular weight is 232 g/mol. The molecule has 1 unspecified atom stereocenters. The van der Waals surface area contributed by atoms with Crippen molar-refractivity contribution < 1.29 is 0 Å². The standard InChI is InChI=1S/C11H16N6/c1-8-6-14-11(15-7-8)9(16-12)5-10-13-3-4-17(10)2/h3-4,6-7,9,16H,5,12H2,1-2H3. The third-order valence-corrected chi connectivity index (χ3v) is 2.62. The molecule has 0 saturated carbocycles. The molecule has 0 amide bonds. The summed E-state index contributed by atoms with van der Waals surface area (Å²) in [6.07, 6.45) is 7.89. The van der Waals surface area contributed by atoms with Crippen LogP contribution in [0.3, 0.4) is 0 Å². The zero-order valence-electron chi connectivity index (χ0n) is 9.96. The van der Waals surface area contributed by atoms with Gasteiger partial charge in [0.1, 0.15) is 11.6 Å². The molecule has 17 heavy (non-hydrogen) atoms. The third kappa shape index (κ3) is 2.66. The second-order valence-electron chi connectivity index (χ2n) is 4.00. The summed E-state index contributed by atoms with van der Waals surface area (Å²) in [5, 5.41) is 0. The molecule has 2 aromatic rings. The van der Waals surface area contributed by atoms with Gasteiger partial charge in [-0.15, -0.1) is 0 Å². The summed E-state index contributed by atoms with van der Waals surface area (Å²) in [5.74, 6) is 7.17. The minimum atomic E-state index is -0.128. The van der Waals surface area contributed by atoms with E-state index in [1.54, 1.807) is 18.6 Å². The molecule has 0 aliphatic rings. The molecule has 0 aromatic carbocycles. The Morgan fingerprint density at radius 2 is 2.06 bits per heavy atom. The van der Waals surface area contributed by atoms with Crippen molar-refractivity contribution in [2.75, 3.05) is 0 Å². The molecule has 2 rings (SSSR count). The quantitative estimate of drug-likeness (QED) is 0.584. The summed E-state index contributed by atoms with van der Waals surface area (Å²) in [6.45, 7) is 1.95. The van der Waals surface area contributed by atoms with Gasteiger partial charge in [0.25, 0.3) is 0 Å². The van der Waals surface area contributed by atoms with E-state index >= 15 is 0 Å². The fourth-order valence-corrected chi connectivity index (χ4v) is 1.58. The van der Waals surface area contributed by atoms with Crippen LogP contribution in [0, 0.1) is 6.92 Å². The largest absolute Gasteiger partial charge is 0.338 e. The average Bonchev–Trinajstić information content (AvgIpc) is 2.73. The van der Waals surface area contributed by atoms with Crippen molar-refractivity contribution in [3.05, 3.63) is 42.0 Å². The Balaban J connectivity index is 2.17. The SMILES string of the molecule is Cc1cnc(C(Cc2nccn2C)NN)nc1. The Morgan fingerprint density at radius 1 is 1.35 bits per heavy atom. The van der Waals surface area contributed by atoms with E-state index in [4.69, 9.17) is 5.84 Å². The first-order valence-electron chi connectivity index (χ1n) is 5.41. The lowest BCUT2D eigenvalue weighted by Gasteiger charge is -2.14. The van der Waals surface area contributed by atoms with E-state index in [2.05, 4.69) is 20.4 Å². The summed E-state index contributed by atoms with van der Waals surface area (Å²) in [4.78, 5) is 12.8. The number of nitrogens with zero attached hydrogens (tertiary/aromatic N) is 4. The number of aryl methyl sites for hydroxylation is 2. The summed E-state index contributed by atoms with van der Waals surface area (Å²) in [7, 11) is 1.95. The van der Waals surface area contributed by atoms with Gasteiger partial charge in [-0.3, -0.25) is 5.84 Å². The van der Waals surface area contributed by atoms with Gasteiger partial charge < -0.3 is 4.57 Å². The summed E-state index contributed by atoms with van der Waals surface area (Å²) < 4.78 is 1.96. The van der Waals surface area contributed by atoms with Crippen molar-refractivity contribution in [3.8, 4) is 0 Å². The van der Waals surface area contributed by atoms with Crippen LogP contribution in [0.5, 0.6) is 0 Å². The smallest absolute Gasteiger partial charge is 0.146 e. The van der Waals surface area contributed by atoms with Crippen LogP contribution in [-0.4, -0.2) is 19.5 Å². The first-order valence-corrected chi connectivity index (χ1v) is 5.41. The molecule has 3 N–H and O–H groups in total. The second-order valence-corrected chi connectivity index (χ2v) is 4.00. The maximum absolute atomic E-state index is 5.54. The van der Waals surface area contributed by atoms with Crippen LogP contribution in [0.1, 0.15) is 23.3 Å². The first-order chi connectivity index (χ1) is 8.20. The van der Waals surface area contributed by atoms with Crippen molar-refractivity contribution in [3.63, 3.8) is 0 Å². The molecule has 1 atom stereocenters. The van der Waals surface area contributed by atoms with E-state index in [1.807, 2.05) is 24.7 Å². The molecule has 2 heterocycles. The van der Waals surface area contributed by atoms with Gasteiger partial charge >= 0.3 is 0 Å². The number of aromatic nitrogens is 4. The molecular weight excluding hydrogens is 216 g/mol. The lowest BCUT2D eigenvalue weighted by atomic mass is 10.2. The van der Waals surface area contributed by atoms with Crippen LogP contribution in [0.2, 0.25) is 0 Å². The van der Waals surface area contributed by atoms with Gasteiger partial charge in [0.2, 0.25) is 0 Å². The van der Waals surface area contributed by atoms with Gasteiger partial charge in [-0.2, -0.15) is 0 Å². The van der Waals surface area contributed by atoms with Gasteiger partial charge in [0.15, 0.2) is 0 Å². The Labute approximate surface area is 99.9 Å². The van der Waals surface area contributed by atoms with Crippen LogP contribution in [0.15, 0.2) is 24.8 Å². The molecule has 2 aromatic heterocycles. The van der Waals surface area contributed by atoms with Gasteiger partial charge in [-0.1, -0.05) is 0 Å². The van der Waals surface area contributed by atoms with Crippen LogP contribution in [0.25, 0.3) is 0 Å². The molecule has 0 spiro atoms. The van der Waals surface area contributed by atoms with Gasteiger partial charge in [0.05, 0.1) is 6.04 Å².